The molecule has 0 radical (unpaired) electrons. The maximum atomic E-state index is 5.53. The first kappa shape index (κ1) is 16.0. The van der Waals surface area contributed by atoms with E-state index in [-0.39, 0.29) is 0 Å². The van der Waals surface area contributed by atoms with Gasteiger partial charge in [-0.25, -0.2) is 0 Å². The van der Waals surface area contributed by atoms with Crippen LogP contribution in [0.3, 0.4) is 0 Å². The second-order valence-electron chi connectivity index (χ2n) is 5.32. The average molecular weight is 327 g/mol. The molecule has 8 nitrogen and oxygen atoms in total. The van der Waals surface area contributed by atoms with Crippen molar-refractivity contribution in [1.82, 2.24) is 19.7 Å². The van der Waals surface area contributed by atoms with Crippen molar-refractivity contribution >= 4 is 22.8 Å². The number of hydrogen-bond donors (Lipinski definition) is 3. The molecule has 2 aromatic heterocycles. The molecule has 0 fully saturated rings. The molecule has 0 spiro atoms. The van der Waals surface area contributed by atoms with Crippen LogP contribution in [0.25, 0.3) is 11.0 Å². The minimum Gasteiger partial charge on any atom is -0.497 e. The molecule has 1 aromatic carbocycles. The van der Waals surface area contributed by atoms with Gasteiger partial charge in [0, 0.05) is 26.7 Å². The van der Waals surface area contributed by atoms with E-state index in [9.17, 15) is 0 Å². The van der Waals surface area contributed by atoms with Crippen molar-refractivity contribution in [3.05, 3.63) is 36.0 Å². The van der Waals surface area contributed by atoms with Crippen LogP contribution in [0.2, 0.25) is 0 Å². The van der Waals surface area contributed by atoms with Gasteiger partial charge in [0.15, 0.2) is 5.65 Å². The van der Waals surface area contributed by atoms with Gasteiger partial charge in [-0.3, -0.25) is 4.68 Å². The third-order valence-electron chi connectivity index (χ3n) is 3.64. The number of anilines is 2. The molecule has 126 valence electrons. The van der Waals surface area contributed by atoms with Gasteiger partial charge >= 0.3 is 0 Å². The number of ether oxygens (including phenoxy) is 1. The SMILES string of the molecule is COc1ccc(CNc2nc(NCCN)nc3c2cnn3C)cc1. The normalized spacial score (nSPS) is 10.8. The zero-order valence-corrected chi connectivity index (χ0v) is 13.8. The highest BCUT2D eigenvalue weighted by Crippen LogP contribution is 2.22. The van der Waals surface area contributed by atoms with Crippen LogP contribution in [0.15, 0.2) is 30.5 Å². The van der Waals surface area contributed by atoms with Crippen LogP contribution in [0.1, 0.15) is 5.56 Å². The Morgan fingerprint density at radius 3 is 2.67 bits per heavy atom. The number of aryl methyl sites for hydroxylation is 1. The summed E-state index contributed by atoms with van der Waals surface area (Å²) in [7, 11) is 3.51. The van der Waals surface area contributed by atoms with E-state index >= 15 is 0 Å². The van der Waals surface area contributed by atoms with Gasteiger partial charge in [-0.05, 0) is 17.7 Å². The Morgan fingerprint density at radius 1 is 1.17 bits per heavy atom. The molecular formula is C16H21N7O. The Labute approximate surface area is 140 Å². The van der Waals surface area contributed by atoms with Crippen molar-refractivity contribution in [1.29, 1.82) is 0 Å². The monoisotopic (exact) mass is 327 g/mol. The lowest BCUT2D eigenvalue weighted by atomic mass is 10.2. The average Bonchev–Trinajstić information content (AvgIpc) is 2.99. The number of methoxy groups -OCH3 is 1. The second kappa shape index (κ2) is 7.14. The summed E-state index contributed by atoms with van der Waals surface area (Å²) in [5.74, 6) is 2.11. The topological polar surface area (TPSA) is 103 Å². The predicted molar refractivity (Wildman–Crippen MR) is 94.2 cm³/mol. The summed E-state index contributed by atoms with van der Waals surface area (Å²) in [5, 5.41) is 11.6. The molecule has 0 bridgehead atoms. The predicted octanol–water partition coefficient (Wildman–Crippen LogP) is 1.35. The first-order valence-electron chi connectivity index (χ1n) is 7.71. The summed E-state index contributed by atoms with van der Waals surface area (Å²) in [6.45, 7) is 1.77. The second-order valence-corrected chi connectivity index (χ2v) is 5.32. The largest absolute Gasteiger partial charge is 0.497 e. The Kier molecular flexibility index (Phi) is 4.76. The number of nitrogens with zero attached hydrogens (tertiary/aromatic N) is 4. The molecule has 8 heteroatoms. The van der Waals surface area contributed by atoms with Crippen molar-refractivity contribution < 1.29 is 4.74 Å². The number of fused-ring (bicyclic) bond motifs is 1. The van der Waals surface area contributed by atoms with Crippen LogP contribution in [0.5, 0.6) is 5.75 Å². The molecule has 0 saturated carbocycles. The number of nitrogens with two attached hydrogens (primary N) is 1. The lowest BCUT2D eigenvalue weighted by Crippen LogP contribution is -2.15. The maximum Gasteiger partial charge on any atom is 0.226 e. The molecule has 24 heavy (non-hydrogen) atoms. The zero-order chi connectivity index (χ0) is 16.9. The summed E-state index contributed by atoms with van der Waals surface area (Å²) in [6.07, 6.45) is 1.76. The highest BCUT2D eigenvalue weighted by atomic mass is 16.5. The van der Waals surface area contributed by atoms with Crippen LogP contribution < -0.4 is 21.1 Å². The van der Waals surface area contributed by atoms with E-state index in [0.29, 0.717) is 25.6 Å². The molecule has 2 heterocycles. The smallest absolute Gasteiger partial charge is 0.226 e. The standard InChI is InChI=1S/C16H21N7O/c1-23-15-13(10-20-23)14(21-16(22-15)18-8-7-17)19-9-11-3-5-12(24-2)6-4-11/h3-6,10H,7-9,17H2,1-2H3,(H2,18,19,21,22). The lowest BCUT2D eigenvalue weighted by molar-refractivity contribution is 0.414. The van der Waals surface area contributed by atoms with Gasteiger partial charge in [0.2, 0.25) is 5.95 Å². The molecule has 0 aliphatic heterocycles. The summed E-state index contributed by atoms with van der Waals surface area (Å²) in [6, 6.07) is 7.90. The first-order chi connectivity index (χ1) is 11.7. The number of aromatic nitrogens is 4. The summed E-state index contributed by atoms with van der Waals surface area (Å²) < 4.78 is 6.90. The highest BCUT2D eigenvalue weighted by Gasteiger charge is 2.11. The molecule has 0 atom stereocenters. The van der Waals surface area contributed by atoms with E-state index in [4.69, 9.17) is 10.5 Å². The van der Waals surface area contributed by atoms with E-state index in [1.165, 1.54) is 0 Å². The third kappa shape index (κ3) is 3.38. The third-order valence-corrected chi connectivity index (χ3v) is 3.64. The number of nitrogens with one attached hydrogen (secondary N) is 2. The molecule has 0 saturated heterocycles. The fraction of sp³-hybridized carbons (Fsp3) is 0.312. The van der Waals surface area contributed by atoms with Crippen molar-refractivity contribution in [3.8, 4) is 5.75 Å². The van der Waals surface area contributed by atoms with Gasteiger partial charge in [0.05, 0.1) is 18.7 Å². The van der Waals surface area contributed by atoms with Crippen LogP contribution in [-0.2, 0) is 13.6 Å². The fourth-order valence-electron chi connectivity index (χ4n) is 2.35. The van der Waals surface area contributed by atoms with E-state index in [1.54, 1.807) is 18.0 Å². The number of benzene rings is 1. The number of hydrogen-bond acceptors (Lipinski definition) is 7. The van der Waals surface area contributed by atoms with Crippen molar-refractivity contribution in [2.75, 3.05) is 30.8 Å². The van der Waals surface area contributed by atoms with E-state index in [2.05, 4.69) is 25.7 Å². The van der Waals surface area contributed by atoms with E-state index < -0.39 is 0 Å². The van der Waals surface area contributed by atoms with Gasteiger partial charge < -0.3 is 21.1 Å². The quantitative estimate of drug-likeness (QED) is 0.602. The number of rotatable bonds is 7. The van der Waals surface area contributed by atoms with Crippen LogP contribution >= 0.6 is 0 Å². The lowest BCUT2D eigenvalue weighted by Gasteiger charge is -2.10. The van der Waals surface area contributed by atoms with Crippen molar-refractivity contribution in [3.63, 3.8) is 0 Å². The summed E-state index contributed by atoms with van der Waals surface area (Å²) >= 11 is 0. The molecule has 0 unspecified atom stereocenters. The molecule has 0 aliphatic carbocycles. The van der Waals surface area contributed by atoms with Crippen LogP contribution in [0, 0.1) is 0 Å². The minimum atomic E-state index is 0.515. The fourth-order valence-corrected chi connectivity index (χ4v) is 2.35. The van der Waals surface area contributed by atoms with Gasteiger partial charge in [0.25, 0.3) is 0 Å². The van der Waals surface area contributed by atoms with Crippen molar-refractivity contribution in [2.24, 2.45) is 12.8 Å². The van der Waals surface area contributed by atoms with Gasteiger partial charge in [-0.2, -0.15) is 15.1 Å². The molecule has 0 aliphatic rings. The zero-order valence-electron chi connectivity index (χ0n) is 13.8. The molecular weight excluding hydrogens is 306 g/mol. The van der Waals surface area contributed by atoms with E-state index in [1.807, 2.05) is 31.3 Å². The van der Waals surface area contributed by atoms with Crippen LogP contribution in [-0.4, -0.2) is 39.9 Å². The minimum absolute atomic E-state index is 0.515. The Bertz CT molecular complexity index is 813. The summed E-state index contributed by atoms with van der Waals surface area (Å²) in [4.78, 5) is 9.01. The first-order valence-corrected chi connectivity index (χ1v) is 7.71. The molecule has 0 amide bonds. The van der Waals surface area contributed by atoms with Gasteiger partial charge in [0.1, 0.15) is 11.6 Å². The summed E-state index contributed by atoms with van der Waals surface area (Å²) in [5.41, 5.74) is 7.43. The Balaban J connectivity index is 1.83. The highest BCUT2D eigenvalue weighted by molar-refractivity contribution is 5.87. The van der Waals surface area contributed by atoms with E-state index in [0.717, 1.165) is 28.2 Å². The Hall–Kier alpha value is -2.87. The molecule has 3 rings (SSSR count). The van der Waals surface area contributed by atoms with Crippen molar-refractivity contribution in [2.45, 2.75) is 6.54 Å². The van der Waals surface area contributed by atoms with Gasteiger partial charge in [-0.1, -0.05) is 12.1 Å². The van der Waals surface area contributed by atoms with Gasteiger partial charge in [-0.15, -0.1) is 0 Å². The van der Waals surface area contributed by atoms with Crippen LogP contribution in [0.4, 0.5) is 11.8 Å². The molecule has 3 aromatic rings. The maximum absolute atomic E-state index is 5.53. The molecule has 4 N–H and O–H groups in total. The Morgan fingerprint density at radius 2 is 1.96 bits per heavy atom.